The Bertz CT molecular complexity index is 114. The van der Waals surface area contributed by atoms with Crippen LogP contribution in [-0.2, 0) is 0 Å². The SMILES string of the molecule is CC(CBr)CN(C)C(C)C(C)C. The van der Waals surface area contributed by atoms with Crippen LogP contribution in [0.5, 0.6) is 0 Å². The molecule has 0 spiro atoms. The van der Waals surface area contributed by atoms with Gasteiger partial charge in [-0.1, -0.05) is 36.7 Å². The van der Waals surface area contributed by atoms with Gasteiger partial charge in [0.15, 0.2) is 0 Å². The van der Waals surface area contributed by atoms with Gasteiger partial charge in [0, 0.05) is 17.9 Å². The van der Waals surface area contributed by atoms with Gasteiger partial charge in [0.25, 0.3) is 0 Å². The number of hydrogen-bond donors (Lipinski definition) is 0. The molecule has 12 heavy (non-hydrogen) atoms. The highest BCUT2D eigenvalue weighted by molar-refractivity contribution is 9.09. The van der Waals surface area contributed by atoms with Crippen LogP contribution < -0.4 is 0 Å². The number of rotatable bonds is 5. The summed E-state index contributed by atoms with van der Waals surface area (Å²) in [6.45, 7) is 10.3. The molecule has 74 valence electrons. The van der Waals surface area contributed by atoms with E-state index in [0.29, 0.717) is 6.04 Å². The first-order valence-corrected chi connectivity index (χ1v) is 5.87. The third-order valence-corrected chi connectivity index (χ3v) is 3.63. The van der Waals surface area contributed by atoms with Crippen LogP contribution >= 0.6 is 15.9 Å². The van der Waals surface area contributed by atoms with Crippen molar-refractivity contribution < 1.29 is 0 Å². The van der Waals surface area contributed by atoms with E-state index in [1.165, 1.54) is 6.54 Å². The third-order valence-electron chi connectivity index (χ3n) is 2.52. The van der Waals surface area contributed by atoms with Gasteiger partial charge in [-0.3, -0.25) is 0 Å². The predicted octanol–water partition coefficient (Wildman–Crippen LogP) is 2.99. The Labute approximate surface area is 85.7 Å². The molecule has 2 unspecified atom stereocenters. The molecule has 0 aromatic carbocycles. The van der Waals surface area contributed by atoms with Gasteiger partial charge in [-0.2, -0.15) is 0 Å². The Kier molecular flexibility index (Phi) is 6.20. The number of halogens is 1. The lowest BCUT2D eigenvalue weighted by Crippen LogP contribution is -2.36. The van der Waals surface area contributed by atoms with Crippen molar-refractivity contribution in [2.75, 3.05) is 18.9 Å². The fourth-order valence-corrected chi connectivity index (χ4v) is 1.42. The molecule has 0 saturated carbocycles. The fraction of sp³-hybridized carbons (Fsp3) is 1.00. The van der Waals surface area contributed by atoms with E-state index in [1.807, 2.05) is 0 Å². The van der Waals surface area contributed by atoms with E-state index >= 15 is 0 Å². The van der Waals surface area contributed by atoms with E-state index in [2.05, 4.69) is 55.6 Å². The van der Waals surface area contributed by atoms with E-state index in [1.54, 1.807) is 0 Å². The lowest BCUT2D eigenvalue weighted by atomic mass is 10.0. The fourth-order valence-electron chi connectivity index (χ4n) is 1.22. The maximum absolute atomic E-state index is 3.50. The molecule has 0 bridgehead atoms. The van der Waals surface area contributed by atoms with E-state index in [9.17, 15) is 0 Å². The first kappa shape index (κ1) is 12.4. The topological polar surface area (TPSA) is 3.24 Å². The second-order valence-electron chi connectivity index (χ2n) is 4.18. The minimum absolute atomic E-state index is 0.687. The lowest BCUT2D eigenvalue weighted by molar-refractivity contribution is 0.189. The maximum Gasteiger partial charge on any atom is 0.00869 e. The molecular formula is C10H22BrN. The van der Waals surface area contributed by atoms with Gasteiger partial charge in [-0.05, 0) is 25.8 Å². The molecular weight excluding hydrogens is 214 g/mol. The van der Waals surface area contributed by atoms with Crippen LogP contribution in [0, 0.1) is 11.8 Å². The molecule has 0 saturated heterocycles. The molecule has 0 aliphatic carbocycles. The molecule has 0 aliphatic heterocycles. The number of nitrogens with zero attached hydrogens (tertiary/aromatic N) is 1. The van der Waals surface area contributed by atoms with Crippen molar-refractivity contribution in [3.05, 3.63) is 0 Å². The Balaban J connectivity index is 3.78. The van der Waals surface area contributed by atoms with Crippen molar-refractivity contribution in [2.24, 2.45) is 11.8 Å². The van der Waals surface area contributed by atoms with Crippen LogP contribution in [-0.4, -0.2) is 29.9 Å². The van der Waals surface area contributed by atoms with Crippen LogP contribution in [0.1, 0.15) is 27.7 Å². The molecule has 0 aromatic rings. The second kappa shape index (κ2) is 5.98. The van der Waals surface area contributed by atoms with Gasteiger partial charge in [-0.25, -0.2) is 0 Å². The van der Waals surface area contributed by atoms with Crippen molar-refractivity contribution in [1.82, 2.24) is 4.90 Å². The molecule has 0 aliphatic rings. The predicted molar refractivity (Wildman–Crippen MR) is 59.9 cm³/mol. The summed E-state index contributed by atoms with van der Waals surface area (Å²) in [6.07, 6.45) is 0. The molecule has 0 rings (SSSR count). The molecule has 0 N–H and O–H groups in total. The highest BCUT2D eigenvalue weighted by Gasteiger charge is 2.14. The quantitative estimate of drug-likeness (QED) is 0.663. The van der Waals surface area contributed by atoms with E-state index in [-0.39, 0.29) is 0 Å². The zero-order chi connectivity index (χ0) is 9.72. The summed E-state index contributed by atoms with van der Waals surface area (Å²) in [5.41, 5.74) is 0. The van der Waals surface area contributed by atoms with Crippen LogP contribution in [0.4, 0.5) is 0 Å². The molecule has 2 atom stereocenters. The van der Waals surface area contributed by atoms with Gasteiger partial charge in [-0.15, -0.1) is 0 Å². The average Bonchev–Trinajstić information content (AvgIpc) is 2.02. The van der Waals surface area contributed by atoms with Gasteiger partial charge < -0.3 is 4.90 Å². The van der Waals surface area contributed by atoms with Crippen molar-refractivity contribution in [3.8, 4) is 0 Å². The lowest BCUT2D eigenvalue weighted by Gasteiger charge is -2.29. The maximum atomic E-state index is 3.50. The van der Waals surface area contributed by atoms with Crippen molar-refractivity contribution in [2.45, 2.75) is 33.7 Å². The minimum Gasteiger partial charge on any atom is -0.303 e. The molecule has 0 radical (unpaired) electrons. The minimum atomic E-state index is 0.687. The Morgan fingerprint density at radius 2 is 1.67 bits per heavy atom. The van der Waals surface area contributed by atoms with Gasteiger partial charge in [0.2, 0.25) is 0 Å². The van der Waals surface area contributed by atoms with Crippen molar-refractivity contribution >= 4 is 15.9 Å². The van der Waals surface area contributed by atoms with Gasteiger partial charge in [0.1, 0.15) is 0 Å². The molecule has 0 aromatic heterocycles. The normalized spacial score (nSPS) is 17.0. The van der Waals surface area contributed by atoms with E-state index in [0.717, 1.165) is 17.2 Å². The average molecular weight is 236 g/mol. The van der Waals surface area contributed by atoms with Gasteiger partial charge in [0.05, 0.1) is 0 Å². The number of hydrogen-bond acceptors (Lipinski definition) is 1. The Hall–Kier alpha value is 0.440. The molecule has 0 heterocycles. The third kappa shape index (κ3) is 4.46. The van der Waals surface area contributed by atoms with Crippen LogP contribution in [0.3, 0.4) is 0 Å². The van der Waals surface area contributed by atoms with E-state index in [4.69, 9.17) is 0 Å². The first-order chi connectivity index (χ1) is 5.49. The summed E-state index contributed by atoms with van der Waals surface area (Å²) in [4.78, 5) is 2.44. The largest absolute Gasteiger partial charge is 0.303 e. The summed E-state index contributed by atoms with van der Waals surface area (Å²) in [6, 6.07) is 0.687. The number of alkyl halides is 1. The zero-order valence-corrected chi connectivity index (χ0v) is 10.6. The van der Waals surface area contributed by atoms with Crippen LogP contribution in [0.2, 0.25) is 0 Å². The Morgan fingerprint density at radius 3 is 2.00 bits per heavy atom. The summed E-state index contributed by atoms with van der Waals surface area (Å²) < 4.78 is 0. The smallest absolute Gasteiger partial charge is 0.00869 e. The standard InChI is InChI=1S/C10H22BrN/c1-8(2)10(4)12(5)7-9(3)6-11/h8-10H,6-7H2,1-5H3. The summed E-state index contributed by atoms with van der Waals surface area (Å²) in [7, 11) is 2.21. The summed E-state index contributed by atoms with van der Waals surface area (Å²) in [5.74, 6) is 1.49. The van der Waals surface area contributed by atoms with E-state index < -0.39 is 0 Å². The monoisotopic (exact) mass is 235 g/mol. The Morgan fingerprint density at radius 1 is 1.17 bits per heavy atom. The van der Waals surface area contributed by atoms with Gasteiger partial charge >= 0.3 is 0 Å². The molecule has 0 fully saturated rings. The van der Waals surface area contributed by atoms with Crippen LogP contribution in [0.25, 0.3) is 0 Å². The first-order valence-electron chi connectivity index (χ1n) is 4.75. The molecule has 0 amide bonds. The summed E-state index contributed by atoms with van der Waals surface area (Å²) in [5, 5.41) is 1.10. The summed E-state index contributed by atoms with van der Waals surface area (Å²) >= 11 is 3.50. The van der Waals surface area contributed by atoms with Crippen molar-refractivity contribution in [1.29, 1.82) is 0 Å². The molecule has 1 nitrogen and oxygen atoms in total. The highest BCUT2D eigenvalue weighted by atomic mass is 79.9. The second-order valence-corrected chi connectivity index (χ2v) is 4.83. The highest BCUT2D eigenvalue weighted by Crippen LogP contribution is 2.11. The van der Waals surface area contributed by atoms with Crippen LogP contribution in [0.15, 0.2) is 0 Å². The molecule has 2 heteroatoms. The van der Waals surface area contributed by atoms with Crippen molar-refractivity contribution in [3.63, 3.8) is 0 Å². The zero-order valence-electron chi connectivity index (χ0n) is 8.97.